The molecule has 1 fully saturated rings. The molecule has 3 rings (SSSR count). The molecule has 0 saturated carbocycles. The van der Waals surface area contributed by atoms with Crippen LogP contribution < -0.4 is 15.4 Å². The molecule has 0 radical (unpaired) electrons. The van der Waals surface area contributed by atoms with E-state index in [0.29, 0.717) is 11.9 Å². The first-order valence-electron chi connectivity index (χ1n) is 7.08. The van der Waals surface area contributed by atoms with Crippen LogP contribution in [0, 0.1) is 5.41 Å². The van der Waals surface area contributed by atoms with Crippen LogP contribution in [0.1, 0.15) is 29.3 Å². The van der Waals surface area contributed by atoms with E-state index in [1.807, 2.05) is 29.6 Å². The molecule has 2 heterocycles. The molecule has 4 nitrogen and oxygen atoms in total. The molecule has 0 aliphatic carbocycles. The average molecular weight is 301 g/mol. The highest BCUT2D eigenvalue weighted by Gasteiger charge is 2.20. The van der Waals surface area contributed by atoms with Crippen LogP contribution in [-0.4, -0.2) is 19.5 Å². The number of rotatable bonds is 4. The molecule has 1 unspecified atom stereocenters. The Morgan fingerprint density at radius 2 is 2.33 bits per heavy atom. The van der Waals surface area contributed by atoms with E-state index in [1.54, 1.807) is 18.4 Å². The van der Waals surface area contributed by atoms with Crippen molar-refractivity contribution in [1.82, 2.24) is 5.32 Å². The van der Waals surface area contributed by atoms with Gasteiger partial charge in [0.1, 0.15) is 11.6 Å². The summed E-state index contributed by atoms with van der Waals surface area (Å²) >= 11 is 1.56. The minimum atomic E-state index is 0.345. The van der Waals surface area contributed by atoms with Gasteiger partial charge >= 0.3 is 0 Å². The van der Waals surface area contributed by atoms with Crippen molar-refractivity contribution in [3.63, 3.8) is 0 Å². The molecular weight excluding hydrogens is 282 g/mol. The average Bonchev–Trinajstić information content (AvgIpc) is 3.20. The van der Waals surface area contributed by atoms with E-state index < -0.39 is 0 Å². The van der Waals surface area contributed by atoms with E-state index in [9.17, 15) is 0 Å². The number of ether oxygens (including phenoxy) is 1. The Labute approximate surface area is 128 Å². The van der Waals surface area contributed by atoms with Crippen LogP contribution in [0.15, 0.2) is 35.7 Å². The van der Waals surface area contributed by atoms with Gasteiger partial charge in [-0.1, -0.05) is 6.07 Å². The molecule has 1 aromatic carbocycles. The largest absolute Gasteiger partial charge is 0.496 e. The molecule has 21 heavy (non-hydrogen) atoms. The normalized spacial score (nSPS) is 17.7. The lowest BCUT2D eigenvalue weighted by Crippen LogP contribution is -2.15. The number of benzene rings is 1. The van der Waals surface area contributed by atoms with E-state index in [2.05, 4.69) is 16.7 Å². The highest BCUT2D eigenvalue weighted by Crippen LogP contribution is 2.33. The van der Waals surface area contributed by atoms with Gasteiger partial charge in [-0.05, 0) is 49.0 Å². The molecule has 0 amide bonds. The summed E-state index contributed by atoms with van der Waals surface area (Å²) in [5.41, 5.74) is 2.09. The fourth-order valence-corrected chi connectivity index (χ4v) is 3.29. The first-order chi connectivity index (χ1) is 10.3. The fraction of sp³-hybridized carbons (Fsp3) is 0.312. The lowest BCUT2D eigenvalue weighted by Gasteiger charge is -2.17. The number of hydrogen-bond acceptors (Lipinski definition) is 4. The van der Waals surface area contributed by atoms with Crippen LogP contribution in [0.4, 0.5) is 5.69 Å². The number of nitrogens with one attached hydrogen (secondary N) is 3. The predicted molar refractivity (Wildman–Crippen MR) is 87.7 cm³/mol. The van der Waals surface area contributed by atoms with E-state index in [1.165, 1.54) is 12.0 Å². The van der Waals surface area contributed by atoms with Gasteiger partial charge in [0.25, 0.3) is 0 Å². The minimum absolute atomic E-state index is 0.345. The third-order valence-corrected chi connectivity index (χ3v) is 4.59. The van der Waals surface area contributed by atoms with Crippen LogP contribution in [-0.2, 0) is 0 Å². The second kappa shape index (κ2) is 6.28. The lowest BCUT2D eigenvalue weighted by molar-refractivity contribution is 0.403. The molecule has 1 atom stereocenters. The third-order valence-electron chi connectivity index (χ3n) is 3.70. The highest BCUT2D eigenvalue weighted by molar-refractivity contribution is 7.12. The number of methoxy groups -OCH3 is 1. The van der Waals surface area contributed by atoms with Crippen molar-refractivity contribution >= 4 is 22.9 Å². The maximum atomic E-state index is 8.11. The zero-order chi connectivity index (χ0) is 14.7. The standard InChI is InChI=1S/C16H19N3OS/c1-20-14-7-6-11(10-12(14)13-4-2-8-18-13)19-16(17)15-5-3-9-21-15/h3,5-7,9-10,13,18H,2,4,8H2,1H3,(H2,17,19). The molecule has 0 bridgehead atoms. The highest BCUT2D eigenvalue weighted by atomic mass is 32.1. The topological polar surface area (TPSA) is 57.1 Å². The zero-order valence-electron chi connectivity index (χ0n) is 12.0. The number of anilines is 1. The van der Waals surface area contributed by atoms with Gasteiger partial charge in [-0.3, -0.25) is 5.41 Å². The second-order valence-corrected chi connectivity index (χ2v) is 6.03. The molecule has 110 valence electrons. The monoisotopic (exact) mass is 301 g/mol. The molecule has 0 spiro atoms. The SMILES string of the molecule is COc1ccc(NC(=N)c2cccs2)cc1C1CCCN1. The van der Waals surface area contributed by atoms with Crippen molar-refractivity contribution in [3.05, 3.63) is 46.2 Å². The molecule has 1 aliphatic rings. The van der Waals surface area contributed by atoms with Gasteiger partial charge < -0.3 is 15.4 Å². The zero-order valence-corrected chi connectivity index (χ0v) is 12.8. The number of amidine groups is 1. The smallest absolute Gasteiger partial charge is 0.140 e. The van der Waals surface area contributed by atoms with Crippen molar-refractivity contribution in [3.8, 4) is 5.75 Å². The summed E-state index contributed by atoms with van der Waals surface area (Å²) in [5, 5.41) is 16.8. The van der Waals surface area contributed by atoms with Crippen molar-refractivity contribution < 1.29 is 4.74 Å². The first kappa shape index (κ1) is 14.1. The van der Waals surface area contributed by atoms with Gasteiger partial charge in [0.05, 0.1) is 12.0 Å². The second-order valence-electron chi connectivity index (χ2n) is 5.08. The summed E-state index contributed by atoms with van der Waals surface area (Å²) in [6.07, 6.45) is 2.32. The quantitative estimate of drug-likeness (QED) is 0.597. The van der Waals surface area contributed by atoms with Gasteiger partial charge in [-0.25, -0.2) is 0 Å². The molecule has 5 heteroatoms. The van der Waals surface area contributed by atoms with E-state index >= 15 is 0 Å². The fourth-order valence-electron chi connectivity index (χ4n) is 2.66. The van der Waals surface area contributed by atoms with Crippen molar-refractivity contribution in [2.24, 2.45) is 0 Å². The van der Waals surface area contributed by atoms with Crippen LogP contribution in [0.2, 0.25) is 0 Å². The lowest BCUT2D eigenvalue weighted by atomic mass is 10.0. The van der Waals surface area contributed by atoms with Crippen LogP contribution in [0.5, 0.6) is 5.75 Å². The van der Waals surface area contributed by atoms with Gasteiger partial charge in [0, 0.05) is 17.3 Å². The summed E-state index contributed by atoms with van der Waals surface area (Å²) in [5.74, 6) is 1.34. The molecule has 1 saturated heterocycles. The van der Waals surface area contributed by atoms with Crippen LogP contribution in [0.3, 0.4) is 0 Å². The van der Waals surface area contributed by atoms with Gasteiger partial charge in [-0.2, -0.15) is 0 Å². The maximum absolute atomic E-state index is 8.11. The number of hydrogen-bond donors (Lipinski definition) is 3. The van der Waals surface area contributed by atoms with Gasteiger partial charge in [-0.15, -0.1) is 11.3 Å². The summed E-state index contributed by atoms with van der Waals surface area (Å²) in [7, 11) is 1.70. The Morgan fingerprint density at radius 3 is 3.00 bits per heavy atom. The first-order valence-corrected chi connectivity index (χ1v) is 7.96. The summed E-state index contributed by atoms with van der Waals surface area (Å²) < 4.78 is 5.47. The van der Waals surface area contributed by atoms with Crippen molar-refractivity contribution in [1.29, 1.82) is 5.41 Å². The maximum Gasteiger partial charge on any atom is 0.140 e. The number of thiophene rings is 1. The Morgan fingerprint density at radius 1 is 1.43 bits per heavy atom. The molecule has 2 aromatic rings. The van der Waals surface area contributed by atoms with Crippen molar-refractivity contribution in [2.45, 2.75) is 18.9 Å². The summed E-state index contributed by atoms with van der Waals surface area (Å²) in [6.45, 7) is 1.05. The van der Waals surface area contributed by atoms with Crippen LogP contribution in [0.25, 0.3) is 0 Å². The summed E-state index contributed by atoms with van der Waals surface area (Å²) in [4.78, 5) is 0.936. The molecule has 1 aromatic heterocycles. The summed E-state index contributed by atoms with van der Waals surface area (Å²) in [6, 6.07) is 10.3. The Bertz CT molecular complexity index is 618. The third kappa shape index (κ3) is 3.09. The Balaban J connectivity index is 1.82. The molecule has 1 aliphatic heterocycles. The minimum Gasteiger partial charge on any atom is -0.496 e. The Hall–Kier alpha value is -1.85. The van der Waals surface area contributed by atoms with Crippen molar-refractivity contribution in [2.75, 3.05) is 19.0 Å². The van der Waals surface area contributed by atoms with E-state index in [4.69, 9.17) is 10.1 Å². The Kier molecular flexibility index (Phi) is 4.22. The molecule has 3 N–H and O–H groups in total. The predicted octanol–water partition coefficient (Wildman–Crippen LogP) is 3.62. The molecular formula is C16H19N3OS. The van der Waals surface area contributed by atoms with E-state index in [-0.39, 0.29) is 0 Å². The van der Waals surface area contributed by atoms with Gasteiger partial charge in [0.15, 0.2) is 0 Å². The van der Waals surface area contributed by atoms with E-state index in [0.717, 1.165) is 29.3 Å². The van der Waals surface area contributed by atoms with Crippen LogP contribution >= 0.6 is 11.3 Å². The van der Waals surface area contributed by atoms with Gasteiger partial charge in [0.2, 0.25) is 0 Å².